The number of nitrogens with zero attached hydrogens (tertiary/aromatic N) is 2. The van der Waals surface area contributed by atoms with Gasteiger partial charge < -0.3 is 10.4 Å². The summed E-state index contributed by atoms with van der Waals surface area (Å²) in [7, 11) is 0. The van der Waals surface area contributed by atoms with Crippen LogP contribution in [0.5, 0.6) is 0 Å². The first-order valence-electron chi connectivity index (χ1n) is 5.44. The number of benzene rings is 1. The molecule has 0 unspecified atom stereocenters. The number of halogens is 1. The molecule has 0 fully saturated rings. The lowest BCUT2D eigenvalue weighted by atomic mass is 10.1. The Morgan fingerprint density at radius 1 is 1.40 bits per heavy atom. The van der Waals surface area contributed by atoms with Crippen LogP contribution in [0.3, 0.4) is 0 Å². The Labute approximate surface area is 112 Å². The molecule has 2 aromatic rings. The summed E-state index contributed by atoms with van der Waals surface area (Å²) < 4.78 is 13.7. The van der Waals surface area contributed by atoms with Crippen molar-refractivity contribution in [2.45, 2.75) is 0 Å². The van der Waals surface area contributed by atoms with Gasteiger partial charge in [-0.25, -0.2) is 9.18 Å². The van der Waals surface area contributed by atoms with E-state index in [0.29, 0.717) is 0 Å². The number of carboxylic acid groups (broad SMARTS) is 1. The first-order valence-corrected chi connectivity index (χ1v) is 5.44. The van der Waals surface area contributed by atoms with Crippen molar-refractivity contribution in [2.24, 2.45) is 0 Å². The van der Waals surface area contributed by atoms with Crippen molar-refractivity contribution in [3.05, 3.63) is 47.5 Å². The lowest BCUT2D eigenvalue weighted by Gasteiger charge is -2.04. The van der Waals surface area contributed by atoms with Crippen molar-refractivity contribution >= 4 is 23.6 Å². The van der Waals surface area contributed by atoms with Crippen LogP contribution in [0.1, 0.15) is 16.1 Å². The molecule has 0 atom stereocenters. The van der Waals surface area contributed by atoms with Gasteiger partial charge in [-0.1, -0.05) is 0 Å². The zero-order chi connectivity index (χ0) is 14.5. The number of hydrogen-bond acceptors (Lipinski definition) is 4. The second-order valence-corrected chi connectivity index (χ2v) is 3.72. The molecule has 0 bridgehead atoms. The standard InChI is InChI=1S/C12H9FN4O3/c13-9-5-8(3-1-7(9)2-4-11(18)19)15-12(20)10-6-14-17-16-10/h1-6H,(H,15,20)(H,18,19)(H,14,16,17)/b4-2+. The maximum absolute atomic E-state index is 13.7. The van der Waals surface area contributed by atoms with E-state index >= 15 is 0 Å². The molecular weight excluding hydrogens is 267 g/mol. The summed E-state index contributed by atoms with van der Waals surface area (Å²) in [6, 6.07) is 3.88. The number of carboxylic acids is 1. The van der Waals surface area contributed by atoms with E-state index in [1.54, 1.807) is 0 Å². The molecule has 0 spiro atoms. The molecule has 102 valence electrons. The van der Waals surface area contributed by atoms with Gasteiger partial charge in [-0.3, -0.25) is 4.79 Å². The third-order valence-corrected chi connectivity index (χ3v) is 2.31. The van der Waals surface area contributed by atoms with Crippen LogP contribution in [-0.4, -0.2) is 32.4 Å². The van der Waals surface area contributed by atoms with Crippen molar-refractivity contribution in [1.29, 1.82) is 0 Å². The second kappa shape index (κ2) is 5.74. The molecule has 3 N–H and O–H groups in total. The predicted molar refractivity (Wildman–Crippen MR) is 67.4 cm³/mol. The van der Waals surface area contributed by atoms with Gasteiger partial charge in [-0.05, 0) is 24.3 Å². The summed E-state index contributed by atoms with van der Waals surface area (Å²) in [6.45, 7) is 0. The smallest absolute Gasteiger partial charge is 0.328 e. The van der Waals surface area contributed by atoms with Crippen LogP contribution in [0.15, 0.2) is 30.5 Å². The van der Waals surface area contributed by atoms with Crippen LogP contribution in [0.25, 0.3) is 6.08 Å². The summed E-state index contributed by atoms with van der Waals surface area (Å²) in [5.41, 5.74) is 0.398. The number of H-pyrrole nitrogens is 1. The predicted octanol–water partition coefficient (Wildman–Crippen LogP) is 1.29. The second-order valence-electron chi connectivity index (χ2n) is 3.72. The molecule has 0 radical (unpaired) electrons. The van der Waals surface area contributed by atoms with Gasteiger partial charge >= 0.3 is 5.97 Å². The SMILES string of the molecule is O=C(O)/C=C/c1ccc(NC(=O)c2cn[nH]n2)cc1F. The normalized spacial score (nSPS) is 10.7. The number of hydrogen-bond donors (Lipinski definition) is 3. The number of anilines is 1. The first kappa shape index (κ1) is 13.4. The quantitative estimate of drug-likeness (QED) is 0.729. The van der Waals surface area contributed by atoms with Crippen LogP contribution in [0.4, 0.5) is 10.1 Å². The summed E-state index contributed by atoms with van der Waals surface area (Å²) in [6.07, 6.45) is 3.18. The van der Waals surface area contributed by atoms with E-state index in [2.05, 4.69) is 20.7 Å². The fourth-order valence-corrected chi connectivity index (χ4v) is 1.41. The molecule has 0 aliphatic rings. The third-order valence-electron chi connectivity index (χ3n) is 2.31. The molecule has 0 saturated carbocycles. The lowest BCUT2D eigenvalue weighted by Crippen LogP contribution is -2.12. The van der Waals surface area contributed by atoms with Crippen molar-refractivity contribution in [3.63, 3.8) is 0 Å². The van der Waals surface area contributed by atoms with Crippen LogP contribution >= 0.6 is 0 Å². The molecule has 2 rings (SSSR count). The minimum atomic E-state index is -1.17. The van der Waals surface area contributed by atoms with Crippen molar-refractivity contribution in [3.8, 4) is 0 Å². The molecule has 20 heavy (non-hydrogen) atoms. The Kier molecular flexibility index (Phi) is 3.85. The van der Waals surface area contributed by atoms with Crippen LogP contribution in [0.2, 0.25) is 0 Å². The zero-order valence-electron chi connectivity index (χ0n) is 10.0. The Balaban J connectivity index is 2.13. The summed E-state index contributed by atoms with van der Waals surface area (Å²) in [4.78, 5) is 22.0. The molecule has 7 nitrogen and oxygen atoms in total. The Morgan fingerprint density at radius 3 is 2.80 bits per heavy atom. The number of aromatic amines is 1. The zero-order valence-corrected chi connectivity index (χ0v) is 10.0. The third kappa shape index (κ3) is 3.25. The summed E-state index contributed by atoms with van der Waals surface area (Å²) in [5.74, 6) is -2.36. The van der Waals surface area contributed by atoms with Gasteiger partial charge in [0, 0.05) is 17.3 Å². The Bertz CT molecular complexity index is 667. The molecule has 0 aliphatic carbocycles. The fourth-order valence-electron chi connectivity index (χ4n) is 1.41. The lowest BCUT2D eigenvalue weighted by molar-refractivity contribution is -0.131. The highest BCUT2D eigenvalue weighted by atomic mass is 19.1. The van der Waals surface area contributed by atoms with E-state index in [1.165, 1.54) is 18.3 Å². The van der Waals surface area contributed by atoms with Crippen LogP contribution in [0, 0.1) is 5.82 Å². The topological polar surface area (TPSA) is 108 Å². The van der Waals surface area contributed by atoms with Gasteiger partial charge in [0.25, 0.3) is 5.91 Å². The summed E-state index contributed by atoms with van der Waals surface area (Å²) >= 11 is 0. The van der Waals surface area contributed by atoms with Gasteiger partial charge in [0.2, 0.25) is 0 Å². The molecule has 1 aromatic heterocycles. The van der Waals surface area contributed by atoms with E-state index in [-0.39, 0.29) is 16.9 Å². The van der Waals surface area contributed by atoms with Crippen molar-refractivity contribution in [2.75, 3.05) is 5.32 Å². The van der Waals surface area contributed by atoms with Gasteiger partial charge in [0.15, 0.2) is 5.69 Å². The van der Waals surface area contributed by atoms with E-state index in [1.807, 2.05) is 0 Å². The van der Waals surface area contributed by atoms with E-state index in [0.717, 1.165) is 18.2 Å². The molecular formula is C12H9FN4O3. The van der Waals surface area contributed by atoms with E-state index < -0.39 is 17.7 Å². The van der Waals surface area contributed by atoms with E-state index in [9.17, 15) is 14.0 Å². The van der Waals surface area contributed by atoms with Crippen molar-refractivity contribution < 1.29 is 19.1 Å². The number of aromatic nitrogens is 3. The average Bonchev–Trinajstić information content (AvgIpc) is 2.91. The number of aliphatic carboxylic acids is 1. The number of amides is 1. The monoisotopic (exact) mass is 276 g/mol. The minimum Gasteiger partial charge on any atom is -0.478 e. The van der Waals surface area contributed by atoms with Gasteiger partial charge in [-0.15, -0.1) is 0 Å². The van der Waals surface area contributed by atoms with Crippen LogP contribution < -0.4 is 5.32 Å². The highest BCUT2D eigenvalue weighted by Gasteiger charge is 2.10. The van der Waals surface area contributed by atoms with Gasteiger partial charge in [0.05, 0.1) is 6.20 Å². The number of rotatable bonds is 4. The van der Waals surface area contributed by atoms with Crippen LogP contribution in [-0.2, 0) is 4.79 Å². The molecule has 8 heteroatoms. The first-order chi connectivity index (χ1) is 9.56. The molecule has 1 heterocycles. The minimum absolute atomic E-state index is 0.0697. The Hall–Kier alpha value is -3.03. The van der Waals surface area contributed by atoms with Gasteiger partial charge in [-0.2, -0.15) is 15.4 Å². The summed E-state index contributed by atoms with van der Waals surface area (Å²) in [5, 5.41) is 20.2. The maximum atomic E-state index is 13.7. The Morgan fingerprint density at radius 2 is 2.20 bits per heavy atom. The fraction of sp³-hybridized carbons (Fsp3) is 0. The molecule has 0 aliphatic heterocycles. The molecule has 0 saturated heterocycles. The number of carbonyl (C=O) groups excluding carboxylic acids is 1. The largest absolute Gasteiger partial charge is 0.478 e. The van der Waals surface area contributed by atoms with E-state index in [4.69, 9.17) is 5.11 Å². The average molecular weight is 276 g/mol. The molecule has 1 amide bonds. The highest BCUT2D eigenvalue weighted by Crippen LogP contribution is 2.16. The van der Waals surface area contributed by atoms with Crippen molar-refractivity contribution in [1.82, 2.24) is 15.4 Å². The molecule has 1 aromatic carbocycles. The number of carbonyl (C=O) groups is 2. The highest BCUT2D eigenvalue weighted by molar-refractivity contribution is 6.02. The maximum Gasteiger partial charge on any atom is 0.328 e. The van der Waals surface area contributed by atoms with Gasteiger partial charge in [0.1, 0.15) is 5.82 Å². The number of nitrogens with one attached hydrogen (secondary N) is 2.